The minimum atomic E-state index is -1.10. The van der Waals surface area contributed by atoms with Gasteiger partial charge < -0.3 is 4.74 Å². The number of rotatable bonds is 4. The molecule has 1 aliphatic rings. The number of carbonyl (C=O) groups is 2. The number of Topliss-reactive ketones (excluding diaryl/α,β-unsaturated/α-hetero) is 1. The Morgan fingerprint density at radius 1 is 1.00 bits per heavy atom. The molecule has 0 spiro atoms. The molecule has 1 atom stereocenters. The van der Waals surface area contributed by atoms with Gasteiger partial charge in [0.15, 0.2) is 5.78 Å². The Morgan fingerprint density at radius 2 is 1.62 bits per heavy atom. The molecule has 0 amide bonds. The fourth-order valence-corrected chi connectivity index (χ4v) is 4.51. The minimum absolute atomic E-state index is 0.112. The lowest BCUT2D eigenvalue weighted by Crippen LogP contribution is -2.37. The maximum atomic E-state index is 13.8. The lowest BCUT2D eigenvalue weighted by molar-refractivity contribution is -0.136. The molecule has 170 valence electrons. The first-order chi connectivity index (χ1) is 14.6. The third kappa shape index (κ3) is 3.83. The maximum Gasteiger partial charge on any atom is 0.326 e. The molecule has 3 nitrogen and oxygen atoms in total. The summed E-state index contributed by atoms with van der Waals surface area (Å²) in [6.45, 7) is 22.5. The second-order valence-electron chi connectivity index (χ2n) is 11.3. The summed E-state index contributed by atoms with van der Waals surface area (Å²) in [5, 5.41) is 0. The standard InChI is InChI=1S/C29H36O3/c1-17-12-11-13-22(19(17)3)29(16-18(2)20(4)30)24-15-21(27(5,6)7)14-23(28(8,9)10)25(24)32-26(29)31/h11-15H,2,16H2,1,3-10H3. The van der Waals surface area contributed by atoms with Crippen LogP contribution >= 0.6 is 0 Å². The van der Waals surface area contributed by atoms with Crippen LogP contribution in [0.2, 0.25) is 0 Å². The van der Waals surface area contributed by atoms with Crippen LogP contribution < -0.4 is 4.74 Å². The highest BCUT2D eigenvalue weighted by atomic mass is 16.5. The second kappa shape index (κ2) is 7.72. The Hall–Kier alpha value is -2.68. The van der Waals surface area contributed by atoms with Gasteiger partial charge in [-0.15, -0.1) is 0 Å². The van der Waals surface area contributed by atoms with Crippen molar-refractivity contribution in [3.05, 3.63) is 75.9 Å². The van der Waals surface area contributed by atoms with E-state index in [1.165, 1.54) is 6.92 Å². The number of benzene rings is 2. The van der Waals surface area contributed by atoms with E-state index in [4.69, 9.17) is 4.74 Å². The third-order valence-corrected chi connectivity index (χ3v) is 6.81. The van der Waals surface area contributed by atoms with Gasteiger partial charge in [0.25, 0.3) is 0 Å². The number of hydrogen-bond donors (Lipinski definition) is 0. The summed E-state index contributed by atoms with van der Waals surface area (Å²) in [6, 6.07) is 10.3. The number of esters is 1. The van der Waals surface area contributed by atoms with Crippen LogP contribution in [-0.2, 0) is 25.8 Å². The zero-order valence-electron chi connectivity index (χ0n) is 21.0. The first-order valence-corrected chi connectivity index (χ1v) is 11.3. The van der Waals surface area contributed by atoms with Crippen molar-refractivity contribution in [2.75, 3.05) is 0 Å². The van der Waals surface area contributed by atoms with Gasteiger partial charge in [-0.1, -0.05) is 78.5 Å². The van der Waals surface area contributed by atoms with Crippen molar-refractivity contribution in [2.24, 2.45) is 0 Å². The van der Waals surface area contributed by atoms with E-state index >= 15 is 0 Å². The molecular weight excluding hydrogens is 396 g/mol. The molecule has 0 radical (unpaired) electrons. The molecule has 3 rings (SSSR count). The van der Waals surface area contributed by atoms with Crippen molar-refractivity contribution < 1.29 is 14.3 Å². The van der Waals surface area contributed by atoms with E-state index in [-0.39, 0.29) is 29.0 Å². The Balaban J connectivity index is 2.49. The molecule has 0 aromatic heterocycles. The molecule has 32 heavy (non-hydrogen) atoms. The van der Waals surface area contributed by atoms with Gasteiger partial charge in [-0.3, -0.25) is 9.59 Å². The number of fused-ring (bicyclic) bond motifs is 1. The molecule has 1 unspecified atom stereocenters. The second-order valence-corrected chi connectivity index (χ2v) is 11.3. The van der Waals surface area contributed by atoms with Crippen molar-refractivity contribution in [1.82, 2.24) is 0 Å². The molecule has 0 saturated heterocycles. The maximum absolute atomic E-state index is 13.8. The predicted molar refractivity (Wildman–Crippen MR) is 131 cm³/mol. The fourth-order valence-electron chi connectivity index (χ4n) is 4.51. The Kier molecular flexibility index (Phi) is 5.78. The molecule has 0 aliphatic carbocycles. The van der Waals surface area contributed by atoms with Gasteiger partial charge in [0, 0.05) is 11.1 Å². The van der Waals surface area contributed by atoms with Crippen LogP contribution in [0.3, 0.4) is 0 Å². The van der Waals surface area contributed by atoms with Crippen LogP contribution in [0.4, 0.5) is 0 Å². The van der Waals surface area contributed by atoms with Crippen molar-refractivity contribution in [2.45, 2.75) is 85.0 Å². The molecule has 0 saturated carbocycles. The number of ether oxygens (including phenoxy) is 1. The van der Waals surface area contributed by atoms with E-state index in [0.717, 1.165) is 33.4 Å². The topological polar surface area (TPSA) is 43.4 Å². The molecule has 0 N–H and O–H groups in total. The van der Waals surface area contributed by atoms with Crippen LogP contribution in [0.25, 0.3) is 0 Å². The van der Waals surface area contributed by atoms with Gasteiger partial charge in [-0.05, 0) is 65.8 Å². The number of hydrogen-bond acceptors (Lipinski definition) is 3. The van der Waals surface area contributed by atoms with Gasteiger partial charge in [0.05, 0.1) is 0 Å². The number of ketones is 1. The number of carbonyl (C=O) groups excluding carboxylic acids is 2. The van der Waals surface area contributed by atoms with Crippen LogP contribution in [0.5, 0.6) is 5.75 Å². The number of allylic oxidation sites excluding steroid dienone is 1. The van der Waals surface area contributed by atoms with Gasteiger partial charge in [-0.25, -0.2) is 0 Å². The minimum Gasteiger partial charge on any atom is -0.425 e. The van der Waals surface area contributed by atoms with E-state index in [1.54, 1.807) is 0 Å². The lowest BCUT2D eigenvalue weighted by atomic mass is 9.67. The normalized spacial score (nSPS) is 18.3. The summed E-state index contributed by atoms with van der Waals surface area (Å²) in [5.41, 5.74) is 4.99. The average Bonchev–Trinajstić information content (AvgIpc) is 2.93. The number of aryl methyl sites for hydroxylation is 1. The highest BCUT2D eigenvalue weighted by Gasteiger charge is 2.53. The smallest absolute Gasteiger partial charge is 0.326 e. The summed E-state index contributed by atoms with van der Waals surface area (Å²) in [6.07, 6.45) is 0.204. The van der Waals surface area contributed by atoms with Gasteiger partial charge in [-0.2, -0.15) is 0 Å². The predicted octanol–water partition coefficient (Wildman–Crippen LogP) is 6.64. The molecule has 2 aromatic rings. The molecule has 1 aliphatic heterocycles. The van der Waals surface area contributed by atoms with E-state index in [1.807, 2.05) is 32.0 Å². The van der Waals surface area contributed by atoms with Gasteiger partial charge in [0.2, 0.25) is 0 Å². The van der Waals surface area contributed by atoms with Crippen molar-refractivity contribution in [3.63, 3.8) is 0 Å². The zero-order chi connectivity index (χ0) is 24.2. The molecule has 3 heteroatoms. The Morgan fingerprint density at radius 3 is 2.16 bits per heavy atom. The molecule has 1 heterocycles. The van der Waals surface area contributed by atoms with Crippen molar-refractivity contribution in [1.29, 1.82) is 0 Å². The van der Waals surface area contributed by atoms with E-state index in [9.17, 15) is 9.59 Å². The highest BCUT2D eigenvalue weighted by molar-refractivity contribution is 5.99. The Labute approximate surface area is 192 Å². The lowest BCUT2D eigenvalue weighted by Gasteiger charge is -2.32. The Bertz CT molecular complexity index is 1120. The summed E-state index contributed by atoms with van der Waals surface area (Å²) in [4.78, 5) is 26.1. The SMILES string of the molecule is C=C(CC1(c2cccc(C)c2C)C(=O)Oc2c(C(C)(C)C)cc(C(C)(C)C)cc21)C(C)=O. The molecule has 0 bridgehead atoms. The summed E-state index contributed by atoms with van der Waals surface area (Å²) < 4.78 is 6.09. The van der Waals surface area contributed by atoms with Crippen LogP contribution in [-0.4, -0.2) is 11.8 Å². The largest absolute Gasteiger partial charge is 0.425 e. The van der Waals surface area contributed by atoms with Crippen molar-refractivity contribution in [3.8, 4) is 5.75 Å². The highest BCUT2D eigenvalue weighted by Crippen LogP contribution is 2.53. The molecule has 2 aromatic carbocycles. The van der Waals surface area contributed by atoms with Gasteiger partial charge in [0.1, 0.15) is 11.2 Å². The summed E-state index contributed by atoms with van der Waals surface area (Å²) in [7, 11) is 0. The first-order valence-electron chi connectivity index (χ1n) is 11.3. The van der Waals surface area contributed by atoms with E-state index in [2.05, 4.69) is 60.3 Å². The van der Waals surface area contributed by atoms with Crippen molar-refractivity contribution >= 4 is 11.8 Å². The summed E-state index contributed by atoms with van der Waals surface area (Å²) in [5.74, 6) is 0.187. The van der Waals surface area contributed by atoms with Crippen LogP contribution in [0.15, 0.2) is 42.5 Å². The quantitative estimate of drug-likeness (QED) is 0.309. The third-order valence-electron chi connectivity index (χ3n) is 6.81. The zero-order valence-corrected chi connectivity index (χ0v) is 21.0. The van der Waals surface area contributed by atoms with Crippen LogP contribution in [0, 0.1) is 13.8 Å². The molecular formula is C29H36O3. The van der Waals surface area contributed by atoms with E-state index in [0.29, 0.717) is 11.3 Å². The first kappa shape index (κ1) is 24.0. The monoisotopic (exact) mass is 432 g/mol. The fraction of sp³-hybridized carbons (Fsp3) is 0.448. The molecule has 0 fully saturated rings. The van der Waals surface area contributed by atoms with E-state index < -0.39 is 5.41 Å². The van der Waals surface area contributed by atoms with Crippen LogP contribution in [0.1, 0.15) is 88.3 Å². The summed E-state index contributed by atoms with van der Waals surface area (Å²) >= 11 is 0. The average molecular weight is 433 g/mol. The van der Waals surface area contributed by atoms with Gasteiger partial charge >= 0.3 is 5.97 Å².